The van der Waals surface area contributed by atoms with E-state index in [1.165, 1.54) is 19.1 Å². The third-order valence-electron chi connectivity index (χ3n) is 4.13. The maximum absolute atomic E-state index is 11.7. The Balaban J connectivity index is 1.63. The predicted molar refractivity (Wildman–Crippen MR) is 80.2 cm³/mol. The Hall–Kier alpha value is -1.18. The molecule has 1 aromatic heterocycles. The second kappa shape index (κ2) is 5.90. The normalized spacial score (nSPS) is 26.5. The Morgan fingerprint density at radius 1 is 1.52 bits per heavy atom. The van der Waals surface area contributed by atoms with Crippen molar-refractivity contribution >= 4 is 15.7 Å². The van der Waals surface area contributed by atoms with Crippen LogP contribution in [0.3, 0.4) is 0 Å². The van der Waals surface area contributed by atoms with Crippen LogP contribution in [0.1, 0.15) is 12.8 Å². The van der Waals surface area contributed by atoms with Gasteiger partial charge in [0.25, 0.3) is 0 Å². The lowest BCUT2D eigenvalue weighted by Crippen LogP contribution is -2.48. The van der Waals surface area contributed by atoms with Gasteiger partial charge >= 0.3 is 0 Å². The van der Waals surface area contributed by atoms with E-state index >= 15 is 0 Å². The third kappa shape index (κ3) is 3.36. The summed E-state index contributed by atoms with van der Waals surface area (Å²) in [6.07, 6.45) is 5.33. The zero-order valence-electron chi connectivity index (χ0n) is 12.2. The first-order valence-corrected chi connectivity index (χ1v) is 9.18. The summed E-state index contributed by atoms with van der Waals surface area (Å²) in [5, 5.41) is 3.13. The fourth-order valence-electron chi connectivity index (χ4n) is 3.04. The maximum Gasteiger partial charge on any atom is 0.179 e. The van der Waals surface area contributed by atoms with Gasteiger partial charge in [-0.1, -0.05) is 0 Å². The van der Waals surface area contributed by atoms with Gasteiger partial charge in [0.2, 0.25) is 0 Å². The monoisotopic (exact) mass is 311 g/mol. The number of aromatic nitrogens is 1. The number of fused-ring (bicyclic) bond motifs is 1. The number of hydrogen-bond donors (Lipinski definition) is 1. The molecule has 1 aromatic rings. The predicted octanol–water partition coefficient (Wildman–Crippen LogP) is 0.760. The van der Waals surface area contributed by atoms with Crippen molar-refractivity contribution in [3.63, 3.8) is 0 Å². The molecular weight excluding hydrogens is 290 g/mol. The molecule has 2 saturated heterocycles. The van der Waals surface area contributed by atoms with Crippen LogP contribution >= 0.6 is 0 Å². The zero-order valence-corrected chi connectivity index (χ0v) is 13.0. The molecule has 0 saturated carbocycles. The minimum absolute atomic E-state index is 0.0776. The topological polar surface area (TPSA) is 71.5 Å². The van der Waals surface area contributed by atoms with Gasteiger partial charge in [-0.3, -0.25) is 4.90 Å². The number of pyridine rings is 1. The summed E-state index contributed by atoms with van der Waals surface area (Å²) in [7, 11) is -3.28. The highest BCUT2D eigenvalue weighted by molar-refractivity contribution is 7.90. The van der Waals surface area contributed by atoms with Crippen LogP contribution in [0.4, 0.5) is 5.82 Å². The van der Waals surface area contributed by atoms with E-state index in [0.717, 1.165) is 19.7 Å². The van der Waals surface area contributed by atoms with E-state index in [0.29, 0.717) is 18.4 Å². The van der Waals surface area contributed by atoms with Gasteiger partial charge in [-0.15, -0.1) is 0 Å². The third-order valence-corrected chi connectivity index (χ3v) is 5.26. The van der Waals surface area contributed by atoms with Crippen molar-refractivity contribution in [2.24, 2.45) is 0 Å². The molecule has 116 valence electrons. The maximum atomic E-state index is 11.7. The molecule has 2 unspecified atom stereocenters. The fraction of sp³-hybridized carbons (Fsp3) is 0.643. The molecule has 0 spiro atoms. The highest BCUT2D eigenvalue weighted by Crippen LogP contribution is 2.23. The van der Waals surface area contributed by atoms with E-state index in [2.05, 4.69) is 15.2 Å². The van der Waals surface area contributed by atoms with Gasteiger partial charge in [0, 0.05) is 31.6 Å². The lowest BCUT2D eigenvalue weighted by molar-refractivity contribution is -0.0416. The van der Waals surface area contributed by atoms with Crippen molar-refractivity contribution < 1.29 is 13.2 Å². The van der Waals surface area contributed by atoms with E-state index < -0.39 is 9.84 Å². The highest BCUT2D eigenvalue weighted by Gasteiger charge is 2.32. The second-order valence-electron chi connectivity index (χ2n) is 5.75. The first-order valence-electron chi connectivity index (χ1n) is 7.28. The molecule has 2 fully saturated rings. The van der Waals surface area contributed by atoms with E-state index in [1.54, 1.807) is 18.3 Å². The summed E-state index contributed by atoms with van der Waals surface area (Å²) >= 11 is 0. The Bertz CT molecular complexity index is 605. The minimum Gasteiger partial charge on any atom is -0.373 e. The number of nitrogens with zero attached hydrogens (tertiary/aromatic N) is 2. The number of ether oxygens (including phenoxy) is 1. The number of rotatable bonds is 4. The van der Waals surface area contributed by atoms with Gasteiger partial charge in [0.15, 0.2) is 9.84 Å². The van der Waals surface area contributed by atoms with Crippen LogP contribution in [-0.2, 0) is 14.6 Å². The Labute approximate surface area is 125 Å². The van der Waals surface area contributed by atoms with Crippen molar-refractivity contribution in [3.05, 3.63) is 18.3 Å². The molecule has 3 rings (SSSR count). The molecule has 0 bridgehead atoms. The molecule has 2 atom stereocenters. The first kappa shape index (κ1) is 14.7. The van der Waals surface area contributed by atoms with Crippen molar-refractivity contribution in [2.75, 3.05) is 37.8 Å². The van der Waals surface area contributed by atoms with Gasteiger partial charge in [-0.05, 0) is 31.5 Å². The van der Waals surface area contributed by atoms with Crippen LogP contribution in [-0.4, -0.2) is 62.9 Å². The molecule has 6 nitrogen and oxygen atoms in total. The summed E-state index contributed by atoms with van der Waals surface area (Å²) in [4.78, 5) is 6.84. The number of nitrogens with one attached hydrogen (secondary N) is 1. The fourth-order valence-corrected chi connectivity index (χ4v) is 3.84. The van der Waals surface area contributed by atoms with Crippen LogP contribution in [0.2, 0.25) is 0 Å². The Morgan fingerprint density at radius 2 is 2.38 bits per heavy atom. The second-order valence-corrected chi connectivity index (χ2v) is 7.73. The van der Waals surface area contributed by atoms with Gasteiger partial charge in [-0.25, -0.2) is 13.4 Å². The molecule has 7 heteroatoms. The summed E-state index contributed by atoms with van der Waals surface area (Å²) < 4.78 is 29.3. The van der Waals surface area contributed by atoms with Crippen molar-refractivity contribution in [1.82, 2.24) is 9.88 Å². The smallest absolute Gasteiger partial charge is 0.179 e. The standard InChI is InChI=1S/C14H21N3O3S/c1-21(18,19)13-5-2-6-15-14(13)16-8-12-9-17-7-3-4-11(17)10-20-12/h2,5-6,11-12H,3-4,7-10H2,1H3,(H,15,16). The molecule has 0 aliphatic carbocycles. The lowest BCUT2D eigenvalue weighted by atomic mass is 10.2. The average molecular weight is 311 g/mol. The Kier molecular flexibility index (Phi) is 4.14. The molecule has 21 heavy (non-hydrogen) atoms. The SMILES string of the molecule is CS(=O)(=O)c1cccnc1NCC1CN2CCCC2CO1. The van der Waals surface area contributed by atoms with Crippen molar-refractivity contribution in [3.8, 4) is 0 Å². The first-order chi connectivity index (χ1) is 10.0. The summed E-state index contributed by atoms with van der Waals surface area (Å²) in [5.74, 6) is 0.409. The van der Waals surface area contributed by atoms with Crippen LogP contribution in [0.15, 0.2) is 23.2 Å². The van der Waals surface area contributed by atoms with E-state index in [9.17, 15) is 8.42 Å². The van der Waals surface area contributed by atoms with Gasteiger partial charge in [0.1, 0.15) is 10.7 Å². The van der Waals surface area contributed by atoms with Crippen molar-refractivity contribution in [2.45, 2.75) is 29.9 Å². The highest BCUT2D eigenvalue weighted by atomic mass is 32.2. The molecule has 0 radical (unpaired) electrons. The number of morpholine rings is 1. The summed E-state index contributed by atoms with van der Waals surface area (Å²) in [6, 6.07) is 3.78. The average Bonchev–Trinajstić information content (AvgIpc) is 2.92. The van der Waals surface area contributed by atoms with Crippen LogP contribution in [0.25, 0.3) is 0 Å². The number of sulfone groups is 1. The van der Waals surface area contributed by atoms with E-state index in [-0.39, 0.29) is 11.0 Å². The van der Waals surface area contributed by atoms with Gasteiger partial charge in [-0.2, -0.15) is 0 Å². The number of anilines is 1. The van der Waals surface area contributed by atoms with E-state index in [1.807, 2.05) is 0 Å². The van der Waals surface area contributed by atoms with Gasteiger partial charge in [0.05, 0.1) is 12.7 Å². The Morgan fingerprint density at radius 3 is 3.19 bits per heavy atom. The minimum atomic E-state index is -3.28. The largest absolute Gasteiger partial charge is 0.373 e. The quantitative estimate of drug-likeness (QED) is 0.885. The van der Waals surface area contributed by atoms with Crippen LogP contribution < -0.4 is 5.32 Å². The number of hydrogen-bond acceptors (Lipinski definition) is 6. The van der Waals surface area contributed by atoms with E-state index in [4.69, 9.17) is 4.74 Å². The molecular formula is C14H21N3O3S. The molecule has 1 N–H and O–H groups in total. The summed E-state index contributed by atoms with van der Waals surface area (Å²) in [6.45, 7) is 3.39. The molecule has 3 heterocycles. The summed E-state index contributed by atoms with van der Waals surface area (Å²) in [5.41, 5.74) is 0. The van der Waals surface area contributed by atoms with Crippen LogP contribution in [0, 0.1) is 0 Å². The molecule has 2 aliphatic rings. The lowest BCUT2D eigenvalue weighted by Gasteiger charge is -2.35. The van der Waals surface area contributed by atoms with Crippen molar-refractivity contribution in [1.29, 1.82) is 0 Å². The van der Waals surface area contributed by atoms with Gasteiger partial charge < -0.3 is 10.1 Å². The van der Waals surface area contributed by atoms with Crippen LogP contribution in [0.5, 0.6) is 0 Å². The zero-order chi connectivity index (χ0) is 14.9. The molecule has 0 amide bonds. The molecule has 0 aromatic carbocycles. The molecule has 2 aliphatic heterocycles.